The Hall–Kier alpha value is -3.77. The van der Waals surface area contributed by atoms with Crippen LogP contribution in [0.25, 0.3) is 21.5 Å². The molecular weight excluding hydrogens is 565 g/mol. The first-order valence-corrected chi connectivity index (χ1v) is 14.6. The first-order valence-electron chi connectivity index (χ1n) is 13.8. The van der Waals surface area contributed by atoms with E-state index in [1.807, 2.05) is 24.1 Å². The summed E-state index contributed by atoms with van der Waals surface area (Å²) in [6.07, 6.45) is -1.07. The number of likely N-dealkylation sites (tertiary alicyclic amines) is 1. The lowest BCUT2D eigenvalue weighted by molar-refractivity contribution is -0.137. The standard InChI is InChI=1S/C30H33F3N6O2S/c1-18(2)15-39-12-6-7-21(39)16-38(4)24-13-20(30(31,32)33)10-11-22(24)23-14-27(35-17-34-23)41-25-8-5-9-26-28(25)37-29(42-26)36-19(3)40/h5,8-11,13-14,17-18,21H,6-7,12,15-16H2,1-4H3,(H,36,37,40)/t21-/m0/s1. The molecule has 222 valence electrons. The van der Waals surface area contributed by atoms with Crippen molar-refractivity contribution in [3.05, 3.63) is 54.4 Å². The number of nitrogens with zero attached hydrogens (tertiary/aromatic N) is 5. The monoisotopic (exact) mass is 598 g/mol. The first-order chi connectivity index (χ1) is 20.0. The highest BCUT2D eigenvalue weighted by Gasteiger charge is 2.33. The number of alkyl halides is 3. The topological polar surface area (TPSA) is 83.5 Å². The zero-order valence-electron chi connectivity index (χ0n) is 23.9. The number of anilines is 2. The molecular formula is C30H33F3N6O2S. The number of carbonyl (C=O) groups is 1. The lowest BCUT2D eigenvalue weighted by atomic mass is 10.0. The molecule has 8 nitrogen and oxygen atoms in total. The maximum atomic E-state index is 13.8. The minimum atomic E-state index is -4.48. The highest BCUT2D eigenvalue weighted by atomic mass is 32.1. The Bertz CT molecular complexity index is 1570. The van der Waals surface area contributed by atoms with Gasteiger partial charge in [0.1, 0.15) is 11.8 Å². The molecule has 0 radical (unpaired) electrons. The van der Waals surface area contributed by atoms with Crippen molar-refractivity contribution in [1.29, 1.82) is 0 Å². The summed E-state index contributed by atoms with van der Waals surface area (Å²) in [7, 11) is 1.83. The lowest BCUT2D eigenvalue weighted by Gasteiger charge is -2.32. The van der Waals surface area contributed by atoms with E-state index in [0.717, 1.165) is 36.7 Å². The van der Waals surface area contributed by atoms with Gasteiger partial charge in [0.25, 0.3) is 0 Å². The van der Waals surface area contributed by atoms with Crippen molar-refractivity contribution in [3.63, 3.8) is 0 Å². The number of carbonyl (C=O) groups excluding carboxylic acids is 1. The molecule has 1 fully saturated rings. The van der Waals surface area contributed by atoms with Crippen molar-refractivity contribution < 1.29 is 22.7 Å². The second kappa shape index (κ2) is 12.2. The molecule has 1 N–H and O–H groups in total. The van der Waals surface area contributed by atoms with Gasteiger partial charge in [-0.05, 0) is 49.6 Å². The van der Waals surface area contributed by atoms with Gasteiger partial charge >= 0.3 is 6.18 Å². The molecule has 12 heteroatoms. The molecule has 42 heavy (non-hydrogen) atoms. The Kier molecular flexibility index (Phi) is 8.65. The van der Waals surface area contributed by atoms with Gasteiger partial charge in [0.15, 0.2) is 10.9 Å². The number of aromatic nitrogens is 3. The average molecular weight is 599 g/mol. The van der Waals surface area contributed by atoms with E-state index in [2.05, 4.69) is 39.0 Å². The summed E-state index contributed by atoms with van der Waals surface area (Å²) in [5, 5.41) is 3.13. The third-order valence-electron chi connectivity index (χ3n) is 7.12. The van der Waals surface area contributed by atoms with Gasteiger partial charge in [-0.25, -0.2) is 15.0 Å². The summed E-state index contributed by atoms with van der Waals surface area (Å²) in [6.45, 7) is 8.31. The number of nitrogens with one attached hydrogen (secondary N) is 1. The van der Waals surface area contributed by atoms with Crippen molar-refractivity contribution in [2.75, 3.05) is 36.9 Å². The molecule has 1 aliphatic rings. The summed E-state index contributed by atoms with van der Waals surface area (Å²) in [6, 6.07) is 11.0. The minimum Gasteiger partial charge on any atom is -0.437 e. The van der Waals surface area contributed by atoms with Gasteiger partial charge in [0.05, 0.1) is 16.0 Å². The van der Waals surface area contributed by atoms with Gasteiger partial charge in [0, 0.05) is 50.4 Å². The Balaban J connectivity index is 1.46. The average Bonchev–Trinajstić information content (AvgIpc) is 3.53. The van der Waals surface area contributed by atoms with Gasteiger partial charge in [-0.15, -0.1) is 0 Å². The highest BCUT2D eigenvalue weighted by Crippen LogP contribution is 2.39. The van der Waals surface area contributed by atoms with E-state index in [4.69, 9.17) is 4.74 Å². The Labute approximate surface area is 246 Å². The van der Waals surface area contributed by atoms with Crippen LogP contribution >= 0.6 is 11.3 Å². The number of hydrogen-bond donors (Lipinski definition) is 1. The van der Waals surface area contributed by atoms with Crippen LogP contribution in [0.1, 0.15) is 39.2 Å². The van der Waals surface area contributed by atoms with E-state index in [1.54, 1.807) is 12.1 Å². The number of para-hydroxylation sites is 1. The molecule has 1 amide bonds. The zero-order chi connectivity index (χ0) is 30.0. The number of fused-ring (bicyclic) bond motifs is 1. The fourth-order valence-corrected chi connectivity index (χ4v) is 6.26. The Morgan fingerprint density at radius 2 is 2.02 bits per heavy atom. The summed E-state index contributed by atoms with van der Waals surface area (Å²) < 4.78 is 48.2. The summed E-state index contributed by atoms with van der Waals surface area (Å²) in [5.41, 5.74) is 1.27. The number of benzene rings is 2. The number of halogens is 3. The van der Waals surface area contributed by atoms with Crippen LogP contribution in [0.4, 0.5) is 24.0 Å². The molecule has 0 unspecified atom stereocenters. The van der Waals surface area contributed by atoms with E-state index in [1.165, 1.54) is 36.7 Å². The van der Waals surface area contributed by atoms with Crippen molar-refractivity contribution in [3.8, 4) is 22.9 Å². The summed E-state index contributed by atoms with van der Waals surface area (Å²) in [4.78, 5) is 28.9. The van der Waals surface area contributed by atoms with Crippen LogP contribution in [-0.4, -0.2) is 58.5 Å². The number of rotatable bonds is 9. The number of ether oxygens (including phenoxy) is 1. The van der Waals surface area contributed by atoms with Crippen LogP contribution in [0.2, 0.25) is 0 Å². The van der Waals surface area contributed by atoms with Gasteiger partial charge in [0.2, 0.25) is 11.8 Å². The van der Waals surface area contributed by atoms with E-state index in [-0.39, 0.29) is 17.8 Å². The lowest BCUT2D eigenvalue weighted by Crippen LogP contribution is -2.40. The Morgan fingerprint density at radius 3 is 2.76 bits per heavy atom. The molecule has 3 heterocycles. The summed E-state index contributed by atoms with van der Waals surface area (Å²) in [5.74, 6) is 0.927. The molecule has 0 bridgehead atoms. The molecule has 5 rings (SSSR count). The number of likely N-dealkylation sites (N-methyl/N-ethyl adjacent to an activating group) is 1. The van der Waals surface area contributed by atoms with E-state index in [0.29, 0.717) is 45.8 Å². The normalized spacial score (nSPS) is 15.9. The molecule has 1 atom stereocenters. The smallest absolute Gasteiger partial charge is 0.416 e. The second-order valence-electron chi connectivity index (χ2n) is 10.9. The predicted molar refractivity (Wildman–Crippen MR) is 159 cm³/mol. The molecule has 0 saturated carbocycles. The SMILES string of the molecule is CC(=O)Nc1nc2c(Oc3cc(-c4ccc(C(F)(F)F)cc4N(C)C[C@@H]4CCCN4CC(C)C)ncn3)cccc2s1. The van der Waals surface area contributed by atoms with Gasteiger partial charge in [-0.3, -0.25) is 9.69 Å². The molecule has 0 spiro atoms. The minimum absolute atomic E-state index is 0.217. The van der Waals surface area contributed by atoms with E-state index < -0.39 is 11.7 Å². The summed E-state index contributed by atoms with van der Waals surface area (Å²) >= 11 is 1.32. The maximum Gasteiger partial charge on any atom is 0.416 e. The third kappa shape index (κ3) is 6.81. The quantitative estimate of drug-likeness (QED) is 0.220. The molecule has 0 aliphatic carbocycles. The number of hydrogen-bond acceptors (Lipinski definition) is 8. The second-order valence-corrected chi connectivity index (χ2v) is 12.0. The van der Waals surface area contributed by atoms with E-state index in [9.17, 15) is 18.0 Å². The van der Waals surface area contributed by atoms with Crippen LogP contribution in [0.15, 0.2) is 48.8 Å². The maximum absolute atomic E-state index is 13.8. The van der Waals surface area contributed by atoms with Gasteiger partial charge in [-0.2, -0.15) is 13.2 Å². The predicted octanol–water partition coefficient (Wildman–Crippen LogP) is 7.08. The first kappa shape index (κ1) is 29.7. The third-order valence-corrected chi connectivity index (χ3v) is 8.05. The molecule has 2 aromatic carbocycles. The van der Waals surface area contributed by atoms with Crippen LogP contribution in [-0.2, 0) is 11.0 Å². The molecule has 1 aliphatic heterocycles. The zero-order valence-corrected chi connectivity index (χ0v) is 24.7. The molecule has 4 aromatic rings. The van der Waals surface area contributed by atoms with Gasteiger partial charge < -0.3 is 15.0 Å². The van der Waals surface area contributed by atoms with Crippen LogP contribution in [0.3, 0.4) is 0 Å². The van der Waals surface area contributed by atoms with Crippen molar-refractivity contribution in [2.24, 2.45) is 5.92 Å². The van der Waals surface area contributed by atoms with E-state index >= 15 is 0 Å². The van der Waals surface area contributed by atoms with Gasteiger partial charge in [-0.1, -0.05) is 37.3 Å². The van der Waals surface area contributed by atoms with Crippen LogP contribution < -0.4 is 15.0 Å². The van der Waals surface area contributed by atoms with Crippen molar-refractivity contribution in [2.45, 2.75) is 45.8 Å². The van der Waals surface area contributed by atoms with Crippen molar-refractivity contribution >= 4 is 38.3 Å². The fourth-order valence-electron chi connectivity index (χ4n) is 5.33. The van der Waals surface area contributed by atoms with Crippen LogP contribution in [0.5, 0.6) is 11.6 Å². The van der Waals surface area contributed by atoms with Crippen LogP contribution in [0, 0.1) is 5.92 Å². The highest BCUT2D eigenvalue weighted by molar-refractivity contribution is 7.22. The molecule has 2 aromatic heterocycles. The Morgan fingerprint density at radius 1 is 1.21 bits per heavy atom. The molecule has 1 saturated heterocycles. The van der Waals surface area contributed by atoms with Crippen molar-refractivity contribution in [1.82, 2.24) is 19.9 Å². The fraction of sp³-hybridized carbons (Fsp3) is 0.400. The largest absolute Gasteiger partial charge is 0.437 e. The number of thiazole rings is 1. The number of amides is 1.